The minimum Gasteiger partial charge on any atom is -0.456 e. The van der Waals surface area contributed by atoms with E-state index in [0.29, 0.717) is 28.7 Å². The zero-order chi connectivity index (χ0) is 21.0. The highest BCUT2D eigenvalue weighted by Gasteiger charge is 2.33. The lowest BCUT2D eigenvalue weighted by molar-refractivity contribution is -0.138. The highest BCUT2D eigenvalue weighted by atomic mass is 79.9. The smallest absolute Gasteiger partial charge is 0.417 e. The van der Waals surface area contributed by atoms with Gasteiger partial charge in [-0.05, 0) is 42.5 Å². The number of nitrogens with zero attached hydrogens (tertiary/aromatic N) is 2. The van der Waals surface area contributed by atoms with Crippen molar-refractivity contribution in [2.75, 3.05) is 5.32 Å². The van der Waals surface area contributed by atoms with Crippen LogP contribution >= 0.6 is 15.9 Å². The summed E-state index contributed by atoms with van der Waals surface area (Å²) in [5.41, 5.74) is 10.7. The zero-order valence-corrected chi connectivity index (χ0v) is 16.3. The Kier molecular flexibility index (Phi) is 5.92. The third-order valence-corrected chi connectivity index (χ3v) is 4.29. The van der Waals surface area contributed by atoms with Crippen LogP contribution in [-0.4, -0.2) is 10.9 Å². The van der Waals surface area contributed by atoms with E-state index in [9.17, 15) is 13.2 Å². The minimum absolute atomic E-state index is 0.0238. The third-order valence-electron chi connectivity index (χ3n) is 3.59. The van der Waals surface area contributed by atoms with Gasteiger partial charge >= 0.3 is 6.18 Å². The number of aliphatic imine (C=N–C) groups is 1. The number of aromatic nitrogens is 1. The molecule has 10 heteroatoms. The number of nitrogens with one attached hydrogen (secondary N) is 1. The first-order chi connectivity index (χ1) is 13.7. The molecule has 3 aromatic rings. The van der Waals surface area contributed by atoms with Gasteiger partial charge in [0.2, 0.25) is 0 Å². The van der Waals surface area contributed by atoms with Crippen molar-refractivity contribution in [3.8, 4) is 11.5 Å². The average Bonchev–Trinajstić information content (AvgIpc) is 2.64. The quantitative estimate of drug-likeness (QED) is 0.350. The molecule has 3 rings (SSSR count). The lowest BCUT2D eigenvalue weighted by Gasteiger charge is -2.13. The number of guanidine groups is 1. The van der Waals surface area contributed by atoms with Crippen molar-refractivity contribution in [3.63, 3.8) is 0 Å². The number of hydrogen-bond donors (Lipinski definition) is 3. The zero-order valence-electron chi connectivity index (χ0n) is 14.7. The first-order valence-electron chi connectivity index (χ1n) is 8.18. The van der Waals surface area contributed by atoms with Gasteiger partial charge in [0.25, 0.3) is 0 Å². The van der Waals surface area contributed by atoms with E-state index in [4.69, 9.17) is 16.2 Å². The van der Waals surface area contributed by atoms with Crippen LogP contribution in [0.3, 0.4) is 0 Å². The Morgan fingerprint density at radius 1 is 1.00 bits per heavy atom. The van der Waals surface area contributed by atoms with Gasteiger partial charge in [0, 0.05) is 21.9 Å². The second kappa shape index (κ2) is 8.39. The lowest BCUT2D eigenvalue weighted by atomic mass is 10.2. The van der Waals surface area contributed by atoms with Crippen LogP contribution in [0.25, 0.3) is 0 Å². The molecule has 0 fully saturated rings. The predicted octanol–water partition coefficient (Wildman–Crippen LogP) is 5.30. The molecule has 0 saturated heterocycles. The fourth-order valence-electron chi connectivity index (χ4n) is 2.39. The van der Waals surface area contributed by atoms with E-state index in [2.05, 4.69) is 31.2 Å². The lowest BCUT2D eigenvalue weighted by Crippen LogP contribution is -2.22. The molecule has 5 N–H and O–H groups in total. The van der Waals surface area contributed by atoms with Crippen molar-refractivity contribution in [1.82, 2.24) is 4.98 Å². The van der Waals surface area contributed by atoms with Crippen LogP contribution in [0.15, 0.2) is 70.3 Å². The molecule has 0 atom stereocenters. The van der Waals surface area contributed by atoms with Crippen LogP contribution in [-0.2, 0) is 6.18 Å². The SMILES string of the molecule is NC(N)=Nc1ccc(Oc2cccc(Nc3ccc(Br)c(C(F)(F)F)c3)c2)cn1. The fraction of sp³-hybridized carbons (Fsp3) is 0.0526. The molecule has 6 nitrogen and oxygen atoms in total. The first kappa shape index (κ1) is 20.5. The van der Waals surface area contributed by atoms with Crippen molar-refractivity contribution in [2.45, 2.75) is 6.18 Å². The summed E-state index contributed by atoms with van der Waals surface area (Å²) < 4.78 is 44.9. The van der Waals surface area contributed by atoms with E-state index in [1.54, 1.807) is 42.5 Å². The second-order valence-corrected chi connectivity index (χ2v) is 6.69. The highest BCUT2D eigenvalue weighted by Crippen LogP contribution is 2.37. The number of alkyl halides is 3. The molecule has 0 aliphatic carbocycles. The Balaban J connectivity index is 1.76. The predicted molar refractivity (Wildman–Crippen MR) is 109 cm³/mol. The third kappa shape index (κ3) is 5.61. The number of hydrogen-bond acceptors (Lipinski definition) is 4. The average molecular weight is 466 g/mol. The molecule has 0 radical (unpaired) electrons. The van der Waals surface area contributed by atoms with Gasteiger partial charge in [0.05, 0.1) is 11.8 Å². The van der Waals surface area contributed by atoms with Crippen molar-refractivity contribution in [3.05, 3.63) is 70.8 Å². The van der Waals surface area contributed by atoms with Gasteiger partial charge in [-0.15, -0.1) is 0 Å². The molecule has 0 amide bonds. The van der Waals surface area contributed by atoms with Gasteiger partial charge < -0.3 is 21.5 Å². The Morgan fingerprint density at radius 3 is 2.41 bits per heavy atom. The first-order valence-corrected chi connectivity index (χ1v) is 8.97. The Morgan fingerprint density at radius 2 is 1.76 bits per heavy atom. The molecule has 29 heavy (non-hydrogen) atoms. The van der Waals surface area contributed by atoms with E-state index in [1.165, 1.54) is 12.3 Å². The number of ether oxygens (including phenoxy) is 1. The van der Waals surface area contributed by atoms with Crippen molar-refractivity contribution in [1.29, 1.82) is 0 Å². The van der Waals surface area contributed by atoms with Crippen LogP contribution in [0, 0.1) is 0 Å². The maximum Gasteiger partial charge on any atom is 0.417 e. The summed E-state index contributed by atoms with van der Waals surface area (Å²) in [7, 11) is 0. The van der Waals surface area contributed by atoms with Crippen molar-refractivity contribution < 1.29 is 17.9 Å². The van der Waals surface area contributed by atoms with Gasteiger partial charge in [0.1, 0.15) is 11.5 Å². The van der Waals surface area contributed by atoms with Gasteiger partial charge in [-0.25, -0.2) is 4.98 Å². The van der Waals surface area contributed by atoms with E-state index in [-0.39, 0.29) is 10.4 Å². The van der Waals surface area contributed by atoms with Gasteiger partial charge in [-0.1, -0.05) is 22.0 Å². The fourth-order valence-corrected chi connectivity index (χ4v) is 2.86. The van der Waals surface area contributed by atoms with Crippen LogP contribution in [0.2, 0.25) is 0 Å². The molecule has 0 saturated carbocycles. The summed E-state index contributed by atoms with van der Waals surface area (Å²) in [6.45, 7) is 0. The van der Waals surface area contributed by atoms with E-state index < -0.39 is 11.7 Å². The molecule has 150 valence electrons. The molecule has 0 aliphatic heterocycles. The summed E-state index contributed by atoms with van der Waals surface area (Å²) in [6, 6.07) is 13.9. The standard InChI is InChI=1S/C19H15BrF3N5O/c20-16-6-4-12(9-15(16)19(21,22)23)27-11-2-1-3-13(8-11)29-14-5-7-17(26-10-14)28-18(24)25/h1-10,27H,(H4,24,25,26,28). The monoisotopic (exact) mass is 465 g/mol. The van der Waals surface area contributed by atoms with Crippen LogP contribution in [0.4, 0.5) is 30.4 Å². The number of nitrogens with two attached hydrogens (primary N) is 2. The second-order valence-electron chi connectivity index (χ2n) is 5.84. The summed E-state index contributed by atoms with van der Waals surface area (Å²) in [5, 5.41) is 2.94. The molecular weight excluding hydrogens is 451 g/mol. The van der Waals surface area contributed by atoms with Crippen molar-refractivity contribution in [2.24, 2.45) is 16.5 Å². The highest BCUT2D eigenvalue weighted by molar-refractivity contribution is 9.10. The summed E-state index contributed by atoms with van der Waals surface area (Å²) in [4.78, 5) is 7.86. The number of rotatable bonds is 5. The van der Waals surface area contributed by atoms with E-state index in [0.717, 1.165) is 6.07 Å². The Bertz CT molecular complexity index is 1030. The van der Waals surface area contributed by atoms with Crippen LogP contribution in [0.5, 0.6) is 11.5 Å². The topological polar surface area (TPSA) is 98.6 Å². The number of halogens is 4. The van der Waals surface area contributed by atoms with E-state index >= 15 is 0 Å². The number of benzene rings is 2. The Labute approximate surface area is 172 Å². The van der Waals surface area contributed by atoms with E-state index in [1.807, 2.05) is 0 Å². The maximum atomic E-state index is 13.1. The molecule has 2 aromatic carbocycles. The summed E-state index contributed by atoms with van der Waals surface area (Å²) >= 11 is 2.92. The molecule has 0 unspecified atom stereocenters. The molecular formula is C19H15BrF3N5O. The molecule has 0 spiro atoms. The van der Waals surface area contributed by atoms with Gasteiger partial charge in [-0.2, -0.15) is 18.2 Å². The molecule has 1 aromatic heterocycles. The molecule has 1 heterocycles. The van der Waals surface area contributed by atoms with Gasteiger partial charge in [0.15, 0.2) is 11.8 Å². The summed E-state index contributed by atoms with van der Waals surface area (Å²) in [5.74, 6) is 1.15. The summed E-state index contributed by atoms with van der Waals surface area (Å²) in [6.07, 6.45) is -3.01. The Hall–Kier alpha value is -3.27. The van der Waals surface area contributed by atoms with Crippen LogP contribution in [0.1, 0.15) is 5.56 Å². The van der Waals surface area contributed by atoms with Crippen LogP contribution < -0.4 is 21.5 Å². The largest absolute Gasteiger partial charge is 0.456 e. The normalized spacial score (nSPS) is 11.0. The molecule has 0 aliphatic rings. The minimum atomic E-state index is -4.46. The van der Waals surface area contributed by atoms with Gasteiger partial charge in [-0.3, -0.25) is 0 Å². The number of pyridine rings is 1. The maximum absolute atomic E-state index is 13.1. The number of anilines is 2. The molecule has 0 bridgehead atoms. The van der Waals surface area contributed by atoms with Crippen molar-refractivity contribution >= 4 is 39.1 Å².